The van der Waals surface area contributed by atoms with Crippen LogP contribution in [-0.2, 0) is 34.2 Å². The molecule has 29 heavy (non-hydrogen) atoms. The lowest BCUT2D eigenvalue weighted by molar-refractivity contribution is 0.204. The minimum atomic E-state index is -5.46. The first-order valence-corrected chi connectivity index (χ1v) is 13.0. The highest BCUT2D eigenvalue weighted by Crippen LogP contribution is 2.64. The molecule has 0 heterocycles. The molecule has 0 fully saturated rings. The first kappa shape index (κ1) is 28.4. The van der Waals surface area contributed by atoms with Gasteiger partial charge in [-0.25, -0.2) is 13.7 Å². The summed E-state index contributed by atoms with van der Waals surface area (Å²) in [5.41, 5.74) is 3.66. The lowest BCUT2D eigenvalue weighted by Crippen LogP contribution is -2.12. The highest BCUT2D eigenvalue weighted by atomic mass is 31.3. The summed E-state index contributed by atoms with van der Waals surface area (Å²) in [7, 11) is -16.2. The summed E-state index contributed by atoms with van der Waals surface area (Å²) in [6.07, 6.45) is 3.55. The molecule has 1 aromatic carbocycles. The van der Waals surface area contributed by atoms with Gasteiger partial charge in [0, 0.05) is 0 Å². The smallest absolute Gasteiger partial charge is 0.490 e. The van der Waals surface area contributed by atoms with E-state index in [4.69, 9.17) is 24.5 Å². The van der Waals surface area contributed by atoms with E-state index in [2.05, 4.69) is 49.3 Å². The Morgan fingerprint density at radius 3 is 1.72 bits per heavy atom. The maximum Gasteiger partial charge on any atom is 0.490 e. The fourth-order valence-electron chi connectivity index (χ4n) is 2.26. The van der Waals surface area contributed by atoms with Crippen LogP contribution in [0.4, 0.5) is 0 Å². The van der Waals surface area contributed by atoms with Gasteiger partial charge < -0.3 is 29.6 Å². The van der Waals surface area contributed by atoms with E-state index in [1.807, 2.05) is 6.07 Å². The summed E-state index contributed by atoms with van der Waals surface area (Å²) < 4.78 is 36.4. The van der Waals surface area contributed by atoms with Crippen LogP contribution in [0.25, 0.3) is 0 Å². The molecule has 0 bridgehead atoms. The lowest BCUT2D eigenvalue weighted by atomic mass is 9.84. The zero-order chi connectivity index (χ0) is 23.3. The first-order chi connectivity index (χ1) is 12.8. The van der Waals surface area contributed by atoms with Crippen molar-refractivity contribution in [2.75, 3.05) is 0 Å². The number of aromatic hydroxyl groups is 1. The molecule has 170 valence electrons. The van der Waals surface area contributed by atoms with Crippen molar-refractivity contribution in [2.45, 2.75) is 59.3 Å². The van der Waals surface area contributed by atoms with E-state index in [1.165, 1.54) is 24.0 Å². The summed E-state index contributed by atoms with van der Waals surface area (Å²) in [6.45, 7) is 10.7. The second kappa shape index (κ2) is 10.6. The van der Waals surface area contributed by atoms with Crippen molar-refractivity contribution in [3.63, 3.8) is 0 Å². The minimum Gasteiger partial charge on any atom is -0.508 e. The number of unbranched alkanes of at least 4 members (excludes halogenated alkanes) is 1. The molecule has 0 amide bonds. The second-order valence-electron chi connectivity index (χ2n) is 7.26. The van der Waals surface area contributed by atoms with Crippen LogP contribution in [0.2, 0.25) is 0 Å². The Balaban J connectivity index is 0.000000555. The predicted molar refractivity (Wildman–Crippen MR) is 106 cm³/mol. The van der Waals surface area contributed by atoms with Gasteiger partial charge in [0.2, 0.25) is 0 Å². The molecule has 0 aliphatic heterocycles. The van der Waals surface area contributed by atoms with Gasteiger partial charge in [-0.2, -0.15) is 8.62 Å². The standard InChI is InChI=1S/C15H24O.H5O10P3/c1-6-7-8-12-10-13(15(3,4)5)14(16)9-11(12)2;1-11(2,3)9-13(7,8)10-12(4,5)6/h9-10,16H,6-8H2,1-5H3;(H,7,8)(H2,1,2,3)(H2,4,5,6). The number of aryl methyl sites for hydroxylation is 2. The van der Waals surface area contributed by atoms with Gasteiger partial charge in [0.25, 0.3) is 0 Å². The van der Waals surface area contributed by atoms with Crippen LogP contribution >= 0.6 is 23.5 Å². The van der Waals surface area contributed by atoms with Gasteiger partial charge in [-0.1, -0.05) is 40.2 Å². The molecule has 14 heteroatoms. The van der Waals surface area contributed by atoms with Crippen molar-refractivity contribution in [3.05, 3.63) is 28.8 Å². The number of rotatable bonds is 7. The molecule has 0 aliphatic carbocycles. The molecule has 6 N–H and O–H groups in total. The van der Waals surface area contributed by atoms with Gasteiger partial charge in [-0.3, -0.25) is 0 Å². The van der Waals surface area contributed by atoms with E-state index in [-0.39, 0.29) is 5.41 Å². The van der Waals surface area contributed by atoms with Gasteiger partial charge in [0.05, 0.1) is 0 Å². The van der Waals surface area contributed by atoms with Crippen LogP contribution in [0.1, 0.15) is 57.2 Å². The Bertz CT molecular complexity index is 792. The number of hydrogen-bond donors (Lipinski definition) is 6. The average Bonchev–Trinajstić information content (AvgIpc) is 2.40. The van der Waals surface area contributed by atoms with Crippen molar-refractivity contribution in [1.29, 1.82) is 0 Å². The van der Waals surface area contributed by atoms with Gasteiger partial charge >= 0.3 is 23.5 Å². The Morgan fingerprint density at radius 2 is 1.38 bits per heavy atom. The monoisotopic (exact) mass is 478 g/mol. The van der Waals surface area contributed by atoms with E-state index in [0.29, 0.717) is 5.75 Å². The highest BCUT2D eigenvalue weighted by molar-refractivity contribution is 7.66. The van der Waals surface area contributed by atoms with Gasteiger partial charge in [0.1, 0.15) is 5.75 Å². The fourth-order valence-corrected chi connectivity index (χ4v) is 4.80. The van der Waals surface area contributed by atoms with Crippen molar-refractivity contribution < 1.29 is 51.9 Å². The molecule has 1 aromatic rings. The highest BCUT2D eigenvalue weighted by Gasteiger charge is 2.38. The Morgan fingerprint density at radius 1 is 0.931 bits per heavy atom. The normalized spacial score (nSPS) is 13.0. The zero-order valence-electron chi connectivity index (χ0n) is 16.8. The van der Waals surface area contributed by atoms with Crippen molar-refractivity contribution >= 4 is 23.5 Å². The number of hydrogen-bond acceptors (Lipinski definition) is 6. The Labute approximate surface area is 169 Å². The molecule has 0 saturated carbocycles. The maximum absolute atomic E-state index is 10.4. The third-order valence-electron chi connectivity index (χ3n) is 3.48. The third-order valence-corrected chi connectivity index (χ3v) is 6.83. The summed E-state index contributed by atoms with van der Waals surface area (Å²) in [4.78, 5) is 40.2. The van der Waals surface area contributed by atoms with Crippen LogP contribution in [0.15, 0.2) is 12.1 Å². The summed E-state index contributed by atoms with van der Waals surface area (Å²) in [6, 6.07) is 4.09. The minimum absolute atomic E-state index is 0.0126. The summed E-state index contributed by atoms with van der Waals surface area (Å²) in [5, 5.41) is 9.98. The second-order valence-corrected chi connectivity index (χ2v) is 11.5. The lowest BCUT2D eigenvalue weighted by Gasteiger charge is -2.22. The largest absolute Gasteiger partial charge is 0.508 e. The van der Waals surface area contributed by atoms with Crippen LogP contribution in [0.5, 0.6) is 5.75 Å². The topological polar surface area (TPSA) is 191 Å². The van der Waals surface area contributed by atoms with Crippen LogP contribution in [0, 0.1) is 6.92 Å². The van der Waals surface area contributed by atoms with Crippen molar-refractivity contribution in [2.24, 2.45) is 0 Å². The number of phenols is 1. The van der Waals surface area contributed by atoms with Crippen LogP contribution in [0.3, 0.4) is 0 Å². The molecule has 11 nitrogen and oxygen atoms in total. The van der Waals surface area contributed by atoms with Crippen molar-refractivity contribution in [3.8, 4) is 5.75 Å². The number of phenolic OH excluding ortho intramolecular Hbond substituents is 1. The van der Waals surface area contributed by atoms with E-state index >= 15 is 0 Å². The first-order valence-electron chi connectivity index (χ1n) is 8.47. The predicted octanol–water partition coefficient (Wildman–Crippen LogP) is 3.65. The van der Waals surface area contributed by atoms with Gasteiger partial charge in [0.15, 0.2) is 0 Å². The van der Waals surface area contributed by atoms with Crippen molar-refractivity contribution in [1.82, 2.24) is 0 Å². The molecule has 0 atom stereocenters. The molecule has 0 saturated heterocycles. The molecule has 0 aromatic heterocycles. The SMILES string of the molecule is CCCCc1cc(C(C)(C)C)c(O)cc1C.O=P(O)(O)OP(=O)(O)OP(=O)(O)O. The van der Waals surface area contributed by atoms with Gasteiger partial charge in [-0.05, 0) is 47.9 Å². The molecule has 1 rings (SSSR count). The fraction of sp³-hybridized carbons (Fsp3) is 0.600. The van der Waals surface area contributed by atoms with E-state index in [9.17, 15) is 18.8 Å². The third kappa shape index (κ3) is 12.7. The van der Waals surface area contributed by atoms with Gasteiger partial charge in [-0.15, -0.1) is 0 Å². The summed E-state index contributed by atoms with van der Waals surface area (Å²) in [5.74, 6) is 0.435. The molecule has 0 unspecified atom stereocenters. The summed E-state index contributed by atoms with van der Waals surface area (Å²) >= 11 is 0. The van der Waals surface area contributed by atoms with Crippen LogP contribution in [-0.4, -0.2) is 29.6 Å². The maximum atomic E-state index is 10.4. The molecule has 0 aliphatic rings. The van der Waals surface area contributed by atoms with E-state index < -0.39 is 23.5 Å². The van der Waals surface area contributed by atoms with Crippen LogP contribution < -0.4 is 0 Å². The molecule has 0 radical (unpaired) electrons. The molecular formula is C15H29O11P3. The molecule has 0 spiro atoms. The Hall–Kier alpha value is -0.570. The number of phosphoric acid groups is 3. The number of benzene rings is 1. The molecular weight excluding hydrogens is 449 g/mol. The average molecular weight is 478 g/mol. The zero-order valence-corrected chi connectivity index (χ0v) is 19.5. The Kier molecular flexibility index (Phi) is 10.4. The quantitative estimate of drug-likeness (QED) is 0.314. The van der Waals surface area contributed by atoms with E-state index in [0.717, 1.165) is 12.0 Å². The van der Waals surface area contributed by atoms with E-state index in [1.54, 1.807) is 0 Å².